The van der Waals surface area contributed by atoms with Gasteiger partial charge in [0.25, 0.3) is 0 Å². The third kappa shape index (κ3) is 4.55. The van der Waals surface area contributed by atoms with Crippen LogP contribution >= 0.6 is 0 Å². The highest BCUT2D eigenvalue weighted by Crippen LogP contribution is 2.24. The van der Waals surface area contributed by atoms with E-state index in [-0.39, 0.29) is 5.95 Å². The molecule has 2 N–H and O–H groups in total. The molecule has 0 fully saturated rings. The summed E-state index contributed by atoms with van der Waals surface area (Å²) >= 11 is 0. The van der Waals surface area contributed by atoms with Crippen molar-refractivity contribution in [3.8, 4) is 11.3 Å². The first kappa shape index (κ1) is 17.5. The minimum absolute atomic E-state index is 0.292. The maximum atomic E-state index is 11.7. The lowest BCUT2D eigenvalue weighted by molar-refractivity contribution is -0.393. The molecule has 0 radical (unpaired) electrons. The summed E-state index contributed by atoms with van der Waals surface area (Å²) in [6, 6.07) is 5.57. The first-order valence-electron chi connectivity index (χ1n) is 7.42. The van der Waals surface area contributed by atoms with Gasteiger partial charge in [-0.15, -0.1) is 0 Å². The van der Waals surface area contributed by atoms with Crippen LogP contribution in [0.2, 0.25) is 0 Å². The summed E-state index contributed by atoms with van der Waals surface area (Å²) < 4.78 is 5.18. The van der Waals surface area contributed by atoms with Crippen molar-refractivity contribution >= 4 is 12.0 Å². The number of ether oxygens (including phenoxy) is 1. The topological polar surface area (TPSA) is 110 Å². The van der Waals surface area contributed by atoms with E-state index >= 15 is 0 Å². The minimum Gasteiger partial charge on any atom is -0.444 e. The Morgan fingerprint density at radius 3 is 2.67 bits per heavy atom. The lowest BCUT2D eigenvalue weighted by Crippen LogP contribution is -2.32. The second-order valence-corrected chi connectivity index (χ2v) is 6.38. The SMILES string of the molecule is Cc1cc(CNC(=O)OC(C)(C)C)ccc1-c1cnc([N+](=O)[O-])[nH]1. The van der Waals surface area contributed by atoms with E-state index in [4.69, 9.17) is 4.74 Å². The molecule has 2 rings (SSSR count). The fraction of sp³-hybridized carbons (Fsp3) is 0.375. The van der Waals surface area contributed by atoms with Crippen molar-refractivity contribution in [2.24, 2.45) is 0 Å². The van der Waals surface area contributed by atoms with E-state index in [0.29, 0.717) is 12.2 Å². The maximum absolute atomic E-state index is 11.7. The minimum atomic E-state index is -0.571. The molecule has 0 atom stereocenters. The van der Waals surface area contributed by atoms with E-state index in [1.807, 2.05) is 25.1 Å². The fourth-order valence-electron chi connectivity index (χ4n) is 2.17. The largest absolute Gasteiger partial charge is 0.444 e. The Morgan fingerprint density at radius 1 is 1.42 bits per heavy atom. The number of hydrogen-bond acceptors (Lipinski definition) is 5. The highest BCUT2D eigenvalue weighted by Gasteiger charge is 2.17. The molecule has 0 bridgehead atoms. The number of nitro groups is 1. The molecular weight excluding hydrogens is 312 g/mol. The van der Waals surface area contributed by atoms with Crippen molar-refractivity contribution in [1.82, 2.24) is 15.3 Å². The number of aromatic nitrogens is 2. The van der Waals surface area contributed by atoms with Gasteiger partial charge in [0.05, 0.1) is 0 Å². The van der Waals surface area contributed by atoms with E-state index < -0.39 is 16.6 Å². The number of amides is 1. The van der Waals surface area contributed by atoms with Crippen LogP contribution in [0.1, 0.15) is 31.9 Å². The average molecular weight is 332 g/mol. The highest BCUT2D eigenvalue weighted by molar-refractivity contribution is 5.68. The van der Waals surface area contributed by atoms with Crippen LogP contribution in [-0.2, 0) is 11.3 Å². The van der Waals surface area contributed by atoms with Gasteiger partial charge in [-0.2, -0.15) is 0 Å². The molecule has 8 nitrogen and oxygen atoms in total. The second-order valence-electron chi connectivity index (χ2n) is 6.38. The standard InChI is InChI=1S/C16H20N4O4/c1-10-7-11(8-18-15(21)24-16(2,3)4)5-6-12(10)13-9-17-14(19-13)20(22)23/h5-7,9H,8H2,1-4H3,(H,17,19)(H,18,21). The summed E-state index contributed by atoms with van der Waals surface area (Å²) in [6.45, 7) is 7.62. The number of imidazole rings is 1. The Hall–Kier alpha value is -2.90. The summed E-state index contributed by atoms with van der Waals surface area (Å²) in [5, 5.41) is 13.4. The number of aromatic amines is 1. The monoisotopic (exact) mass is 332 g/mol. The fourth-order valence-corrected chi connectivity index (χ4v) is 2.17. The average Bonchev–Trinajstić information content (AvgIpc) is 2.93. The van der Waals surface area contributed by atoms with Gasteiger partial charge in [0.2, 0.25) is 0 Å². The Bertz CT molecular complexity index is 762. The summed E-state index contributed by atoms with van der Waals surface area (Å²) in [5.74, 6) is -0.292. The van der Waals surface area contributed by atoms with Crippen molar-refractivity contribution in [2.45, 2.75) is 39.8 Å². The molecule has 1 aromatic carbocycles. The quantitative estimate of drug-likeness (QED) is 0.659. The Balaban J connectivity index is 2.06. The van der Waals surface area contributed by atoms with Crippen LogP contribution in [0, 0.1) is 17.0 Å². The Kier molecular flexibility index (Phi) is 4.87. The van der Waals surface area contributed by atoms with Crippen LogP contribution < -0.4 is 5.32 Å². The second kappa shape index (κ2) is 6.69. The van der Waals surface area contributed by atoms with Gasteiger partial charge in [-0.1, -0.05) is 23.2 Å². The van der Waals surface area contributed by atoms with Crippen LogP contribution in [0.15, 0.2) is 24.4 Å². The van der Waals surface area contributed by atoms with Gasteiger partial charge in [0, 0.05) is 12.1 Å². The van der Waals surface area contributed by atoms with Crippen molar-refractivity contribution in [2.75, 3.05) is 0 Å². The van der Waals surface area contributed by atoms with E-state index in [9.17, 15) is 14.9 Å². The third-order valence-electron chi connectivity index (χ3n) is 3.15. The molecule has 0 spiro atoms. The number of aryl methyl sites for hydroxylation is 1. The molecular formula is C16H20N4O4. The number of benzene rings is 1. The zero-order chi connectivity index (χ0) is 17.9. The van der Waals surface area contributed by atoms with E-state index in [0.717, 1.165) is 16.7 Å². The number of alkyl carbamates (subject to hydrolysis) is 1. The molecule has 24 heavy (non-hydrogen) atoms. The van der Waals surface area contributed by atoms with E-state index in [2.05, 4.69) is 15.3 Å². The molecule has 0 saturated carbocycles. The predicted octanol–water partition coefficient (Wildman–Crippen LogP) is 3.32. The van der Waals surface area contributed by atoms with Crippen LogP contribution in [-0.4, -0.2) is 26.6 Å². The van der Waals surface area contributed by atoms with Crippen LogP contribution in [0.25, 0.3) is 11.3 Å². The zero-order valence-corrected chi connectivity index (χ0v) is 14.0. The van der Waals surface area contributed by atoms with Gasteiger partial charge in [0.15, 0.2) is 0 Å². The summed E-state index contributed by atoms with van der Waals surface area (Å²) in [4.78, 5) is 28.2. The lowest BCUT2D eigenvalue weighted by atomic mass is 10.0. The predicted molar refractivity (Wildman–Crippen MR) is 88.5 cm³/mol. The normalized spacial score (nSPS) is 11.2. The summed E-state index contributed by atoms with van der Waals surface area (Å²) in [6.07, 6.45) is 0.951. The van der Waals surface area contributed by atoms with Gasteiger partial charge < -0.3 is 20.2 Å². The summed E-state index contributed by atoms with van der Waals surface area (Å²) in [5.41, 5.74) is 2.66. The summed E-state index contributed by atoms with van der Waals surface area (Å²) in [7, 11) is 0. The molecule has 0 unspecified atom stereocenters. The maximum Gasteiger partial charge on any atom is 0.432 e. The number of nitrogens with zero attached hydrogens (tertiary/aromatic N) is 2. The van der Waals surface area contributed by atoms with Gasteiger partial charge in [-0.25, -0.2) is 9.78 Å². The molecule has 1 heterocycles. The van der Waals surface area contributed by atoms with Crippen LogP contribution in [0.3, 0.4) is 0 Å². The van der Waals surface area contributed by atoms with Crippen molar-refractivity contribution in [3.63, 3.8) is 0 Å². The van der Waals surface area contributed by atoms with E-state index in [1.165, 1.54) is 6.20 Å². The third-order valence-corrected chi connectivity index (χ3v) is 3.15. The van der Waals surface area contributed by atoms with Crippen molar-refractivity contribution in [1.29, 1.82) is 0 Å². The number of H-pyrrole nitrogens is 1. The molecule has 1 aromatic heterocycles. The van der Waals surface area contributed by atoms with Gasteiger partial charge in [-0.05, 0) is 43.7 Å². The molecule has 0 saturated heterocycles. The van der Waals surface area contributed by atoms with Gasteiger partial charge in [-0.3, -0.25) is 0 Å². The number of carbonyl (C=O) groups excluding carboxylic acids is 1. The number of carbonyl (C=O) groups is 1. The molecule has 2 aromatic rings. The van der Waals surface area contributed by atoms with Crippen molar-refractivity contribution < 1.29 is 14.5 Å². The van der Waals surface area contributed by atoms with Crippen molar-refractivity contribution in [3.05, 3.63) is 45.6 Å². The van der Waals surface area contributed by atoms with Crippen LogP contribution in [0.4, 0.5) is 10.7 Å². The smallest absolute Gasteiger partial charge is 0.432 e. The van der Waals surface area contributed by atoms with Crippen LogP contribution in [0.5, 0.6) is 0 Å². The molecule has 0 aliphatic heterocycles. The number of nitrogens with one attached hydrogen (secondary N) is 2. The number of rotatable bonds is 4. The Morgan fingerprint density at radius 2 is 2.12 bits per heavy atom. The molecule has 8 heteroatoms. The first-order valence-corrected chi connectivity index (χ1v) is 7.42. The molecule has 1 amide bonds. The first-order chi connectivity index (χ1) is 11.2. The lowest BCUT2D eigenvalue weighted by Gasteiger charge is -2.19. The zero-order valence-electron chi connectivity index (χ0n) is 14.0. The highest BCUT2D eigenvalue weighted by atomic mass is 16.6. The number of hydrogen-bond donors (Lipinski definition) is 2. The van der Waals surface area contributed by atoms with Gasteiger partial charge in [0.1, 0.15) is 17.5 Å². The molecule has 0 aliphatic rings. The van der Waals surface area contributed by atoms with Gasteiger partial charge >= 0.3 is 12.0 Å². The molecule has 0 aliphatic carbocycles. The van der Waals surface area contributed by atoms with E-state index in [1.54, 1.807) is 20.8 Å². The Labute approximate surface area is 139 Å². The molecule has 128 valence electrons.